The van der Waals surface area contributed by atoms with Crippen LogP contribution in [-0.2, 0) is 4.79 Å². The molecule has 17 heavy (non-hydrogen) atoms. The number of unbranched alkanes of at least 4 members (excludes halogenated alkanes) is 1. The number of rotatable bonds is 6. The van der Waals surface area contributed by atoms with Crippen molar-refractivity contribution in [3.05, 3.63) is 18.3 Å². The first kappa shape index (κ1) is 13.5. The molecule has 0 bridgehead atoms. The number of hydrogen-bond donors (Lipinski definition) is 1. The Balaban J connectivity index is 2.57. The predicted octanol–water partition coefficient (Wildman–Crippen LogP) is 2.67. The van der Waals surface area contributed by atoms with Crippen molar-refractivity contribution >= 4 is 17.4 Å². The molecule has 0 saturated heterocycles. The number of anilines is 2. The second-order valence-electron chi connectivity index (χ2n) is 4.08. The summed E-state index contributed by atoms with van der Waals surface area (Å²) in [6, 6.07) is 3.82. The Bertz CT molecular complexity index is 348. The number of amides is 1. The second kappa shape index (κ2) is 6.89. The summed E-state index contributed by atoms with van der Waals surface area (Å²) in [6.45, 7) is 5.00. The first-order valence-electron chi connectivity index (χ1n) is 6.14. The van der Waals surface area contributed by atoms with Crippen molar-refractivity contribution in [2.75, 3.05) is 23.8 Å². The fraction of sp³-hybridized carbons (Fsp3) is 0.538. The van der Waals surface area contributed by atoms with Crippen LogP contribution in [0, 0.1) is 0 Å². The van der Waals surface area contributed by atoms with Gasteiger partial charge < -0.3 is 10.2 Å². The van der Waals surface area contributed by atoms with Crippen LogP contribution in [0.5, 0.6) is 0 Å². The fourth-order valence-electron chi connectivity index (χ4n) is 1.45. The Morgan fingerprint density at radius 1 is 1.41 bits per heavy atom. The topological polar surface area (TPSA) is 45.2 Å². The Morgan fingerprint density at radius 2 is 2.18 bits per heavy atom. The zero-order valence-electron chi connectivity index (χ0n) is 10.9. The van der Waals surface area contributed by atoms with Crippen LogP contribution in [0.3, 0.4) is 0 Å². The van der Waals surface area contributed by atoms with E-state index in [0.29, 0.717) is 6.42 Å². The van der Waals surface area contributed by atoms with Gasteiger partial charge in [-0.25, -0.2) is 4.98 Å². The molecule has 4 heteroatoms. The zero-order chi connectivity index (χ0) is 12.7. The lowest BCUT2D eigenvalue weighted by Crippen LogP contribution is -2.19. The molecule has 0 spiro atoms. The monoisotopic (exact) mass is 235 g/mol. The lowest BCUT2D eigenvalue weighted by molar-refractivity contribution is -0.115. The Labute approximate surface area is 103 Å². The Hall–Kier alpha value is -1.58. The van der Waals surface area contributed by atoms with Gasteiger partial charge in [0.1, 0.15) is 5.82 Å². The molecule has 0 aromatic carbocycles. The predicted molar refractivity (Wildman–Crippen MR) is 71.3 cm³/mol. The molecule has 0 aliphatic heterocycles. The lowest BCUT2D eigenvalue weighted by atomic mass is 10.3. The van der Waals surface area contributed by atoms with Gasteiger partial charge in [-0.15, -0.1) is 0 Å². The SMILES string of the molecule is CCCCN(C)c1ccc(NC(=O)CC)cn1. The van der Waals surface area contributed by atoms with Crippen molar-refractivity contribution in [2.45, 2.75) is 33.1 Å². The molecule has 0 radical (unpaired) electrons. The molecule has 1 aromatic rings. The summed E-state index contributed by atoms with van der Waals surface area (Å²) in [5.74, 6) is 0.951. The molecule has 1 amide bonds. The molecular weight excluding hydrogens is 214 g/mol. The molecule has 0 saturated carbocycles. The maximum absolute atomic E-state index is 11.2. The van der Waals surface area contributed by atoms with E-state index in [2.05, 4.69) is 22.1 Å². The van der Waals surface area contributed by atoms with Gasteiger partial charge in [-0.1, -0.05) is 20.3 Å². The number of aromatic nitrogens is 1. The van der Waals surface area contributed by atoms with Gasteiger partial charge in [0, 0.05) is 20.0 Å². The third kappa shape index (κ3) is 4.43. The standard InChI is InChI=1S/C13H21N3O/c1-4-6-9-16(3)12-8-7-11(10-14-12)15-13(17)5-2/h7-8,10H,4-6,9H2,1-3H3,(H,15,17). The van der Waals surface area contributed by atoms with Gasteiger partial charge in [0.2, 0.25) is 5.91 Å². The Kier molecular flexibility index (Phi) is 5.46. The van der Waals surface area contributed by atoms with Crippen molar-refractivity contribution in [2.24, 2.45) is 0 Å². The summed E-state index contributed by atoms with van der Waals surface area (Å²) >= 11 is 0. The highest BCUT2D eigenvalue weighted by Crippen LogP contribution is 2.13. The van der Waals surface area contributed by atoms with Crippen molar-refractivity contribution < 1.29 is 4.79 Å². The van der Waals surface area contributed by atoms with Crippen LogP contribution >= 0.6 is 0 Å². The molecule has 1 heterocycles. The Morgan fingerprint density at radius 3 is 2.71 bits per heavy atom. The van der Waals surface area contributed by atoms with Crippen LogP contribution in [0.15, 0.2) is 18.3 Å². The van der Waals surface area contributed by atoms with Crippen molar-refractivity contribution in [1.82, 2.24) is 4.98 Å². The van der Waals surface area contributed by atoms with Crippen LogP contribution in [0.4, 0.5) is 11.5 Å². The lowest BCUT2D eigenvalue weighted by Gasteiger charge is -2.17. The van der Waals surface area contributed by atoms with E-state index >= 15 is 0 Å². The van der Waals surface area contributed by atoms with E-state index in [9.17, 15) is 4.79 Å². The summed E-state index contributed by atoms with van der Waals surface area (Å²) in [6.07, 6.45) is 4.52. The molecule has 1 rings (SSSR count). The normalized spacial score (nSPS) is 10.1. The molecule has 0 fully saturated rings. The minimum Gasteiger partial charge on any atom is -0.360 e. The van der Waals surface area contributed by atoms with Crippen LogP contribution in [0.1, 0.15) is 33.1 Å². The highest BCUT2D eigenvalue weighted by Gasteiger charge is 2.03. The summed E-state index contributed by atoms with van der Waals surface area (Å²) in [5.41, 5.74) is 0.754. The fourth-order valence-corrected chi connectivity index (χ4v) is 1.45. The minimum absolute atomic E-state index is 0.0129. The van der Waals surface area contributed by atoms with Crippen molar-refractivity contribution in [3.8, 4) is 0 Å². The van der Waals surface area contributed by atoms with Crippen LogP contribution in [-0.4, -0.2) is 24.5 Å². The maximum Gasteiger partial charge on any atom is 0.224 e. The third-order valence-electron chi connectivity index (χ3n) is 2.59. The number of carbonyl (C=O) groups is 1. The molecule has 0 aliphatic carbocycles. The maximum atomic E-state index is 11.2. The molecular formula is C13H21N3O. The molecule has 94 valence electrons. The van der Waals surface area contributed by atoms with Gasteiger partial charge in [-0.05, 0) is 18.6 Å². The van der Waals surface area contributed by atoms with E-state index in [1.807, 2.05) is 26.1 Å². The first-order chi connectivity index (χ1) is 8.17. The second-order valence-corrected chi connectivity index (χ2v) is 4.08. The highest BCUT2D eigenvalue weighted by atomic mass is 16.1. The van der Waals surface area contributed by atoms with Crippen molar-refractivity contribution in [3.63, 3.8) is 0 Å². The van der Waals surface area contributed by atoms with Crippen LogP contribution < -0.4 is 10.2 Å². The van der Waals surface area contributed by atoms with E-state index in [-0.39, 0.29) is 5.91 Å². The quantitative estimate of drug-likeness (QED) is 0.824. The summed E-state index contributed by atoms with van der Waals surface area (Å²) in [5, 5.41) is 2.78. The number of hydrogen-bond acceptors (Lipinski definition) is 3. The minimum atomic E-state index is 0.0129. The van der Waals surface area contributed by atoms with Gasteiger partial charge in [-0.2, -0.15) is 0 Å². The summed E-state index contributed by atoms with van der Waals surface area (Å²) < 4.78 is 0. The molecule has 4 nitrogen and oxygen atoms in total. The largest absolute Gasteiger partial charge is 0.360 e. The highest BCUT2D eigenvalue weighted by molar-refractivity contribution is 5.90. The molecule has 0 atom stereocenters. The average Bonchev–Trinajstić information content (AvgIpc) is 2.36. The first-order valence-corrected chi connectivity index (χ1v) is 6.14. The molecule has 0 aliphatic rings. The third-order valence-corrected chi connectivity index (χ3v) is 2.59. The van der Waals surface area contributed by atoms with Crippen LogP contribution in [0.25, 0.3) is 0 Å². The smallest absolute Gasteiger partial charge is 0.224 e. The summed E-state index contributed by atoms with van der Waals surface area (Å²) in [4.78, 5) is 17.6. The van der Waals surface area contributed by atoms with Gasteiger partial charge in [0.05, 0.1) is 11.9 Å². The number of pyridine rings is 1. The van der Waals surface area contributed by atoms with Crippen molar-refractivity contribution in [1.29, 1.82) is 0 Å². The molecule has 1 N–H and O–H groups in total. The van der Waals surface area contributed by atoms with Gasteiger partial charge in [-0.3, -0.25) is 4.79 Å². The van der Waals surface area contributed by atoms with E-state index in [1.165, 1.54) is 6.42 Å². The van der Waals surface area contributed by atoms with Gasteiger partial charge in [0.25, 0.3) is 0 Å². The number of nitrogens with one attached hydrogen (secondary N) is 1. The van der Waals surface area contributed by atoms with E-state index < -0.39 is 0 Å². The molecule has 1 aromatic heterocycles. The van der Waals surface area contributed by atoms with Gasteiger partial charge >= 0.3 is 0 Å². The zero-order valence-corrected chi connectivity index (χ0v) is 10.9. The van der Waals surface area contributed by atoms with Crippen LogP contribution in [0.2, 0.25) is 0 Å². The number of nitrogens with zero attached hydrogens (tertiary/aromatic N) is 2. The van der Waals surface area contributed by atoms with E-state index in [1.54, 1.807) is 6.20 Å². The number of carbonyl (C=O) groups excluding carboxylic acids is 1. The van der Waals surface area contributed by atoms with Gasteiger partial charge in [0.15, 0.2) is 0 Å². The van der Waals surface area contributed by atoms with E-state index in [0.717, 1.165) is 24.5 Å². The van der Waals surface area contributed by atoms with E-state index in [4.69, 9.17) is 0 Å². The molecule has 0 unspecified atom stereocenters. The summed E-state index contributed by atoms with van der Waals surface area (Å²) in [7, 11) is 2.03. The average molecular weight is 235 g/mol.